The van der Waals surface area contributed by atoms with E-state index in [-0.39, 0.29) is 36.1 Å². The topological polar surface area (TPSA) is 152 Å². The minimum Gasteiger partial charge on any atom is -0.479 e. The van der Waals surface area contributed by atoms with Crippen molar-refractivity contribution >= 4 is 23.7 Å². The van der Waals surface area contributed by atoms with Crippen LogP contribution in [0.4, 0.5) is 4.79 Å². The number of hydrogen-bond acceptors (Lipinski definition) is 8. The summed E-state index contributed by atoms with van der Waals surface area (Å²) >= 11 is 0. The van der Waals surface area contributed by atoms with Crippen molar-refractivity contribution in [3.8, 4) is 17.2 Å². The van der Waals surface area contributed by atoms with Gasteiger partial charge in [0.05, 0.1) is 17.0 Å². The highest BCUT2D eigenvalue weighted by molar-refractivity contribution is 7.89. The number of aliphatic hydroxyl groups excluding tert-OH is 1. The van der Waals surface area contributed by atoms with Gasteiger partial charge in [-0.3, -0.25) is 0 Å². The van der Waals surface area contributed by atoms with Gasteiger partial charge in [0, 0.05) is 13.1 Å². The van der Waals surface area contributed by atoms with E-state index >= 15 is 0 Å². The zero-order valence-electron chi connectivity index (χ0n) is 26.1. The lowest BCUT2D eigenvalue weighted by Crippen LogP contribution is -2.50. The highest BCUT2D eigenvalue weighted by Crippen LogP contribution is 2.48. The second-order valence-corrected chi connectivity index (χ2v) is 15.0. The van der Waals surface area contributed by atoms with Crippen LogP contribution in [0.2, 0.25) is 0 Å². The summed E-state index contributed by atoms with van der Waals surface area (Å²) in [5.41, 5.74) is 0.784. The SMILES string of the molecule is CC(C)CN(C[C@@H](O)[C@H](Cc1ccccc1)NC(=O)O)S(=O)(=O)c1ccc(OCP(=O)(Oc2ccccc2)Oc2ccccc2)cc1. The normalized spacial score (nSPS) is 13.1. The Morgan fingerprint density at radius 3 is 1.79 bits per heavy atom. The van der Waals surface area contributed by atoms with Crippen molar-refractivity contribution in [2.24, 2.45) is 5.92 Å². The maximum Gasteiger partial charge on any atom is 0.468 e. The van der Waals surface area contributed by atoms with Crippen molar-refractivity contribution < 1.29 is 41.8 Å². The first kappa shape index (κ1) is 35.5. The zero-order chi connectivity index (χ0) is 33.9. The van der Waals surface area contributed by atoms with Crippen LogP contribution in [0, 0.1) is 5.92 Å². The van der Waals surface area contributed by atoms with E-state index in [2.05, 4.69) is 5.32 Å². The van der Waals surface area contributed by atoms with Crippen molar-refractivity contribution in [3.05, 3.63) is 121 Å². The van der Waals surface area contributed by atoms with E-state index in [0.717, 1.165) is 9.87 Å². The van der Waals surface area contributed by atoms with Crippen molar-refractivity contribution in [3.63, 3.8) is 0 Å². The Hall–Kier alpha value is -4.35. The molecule has 13 heteroatoms. The fraction of sp³-hybridized carbons (Fsp3) is 0.265. The van der Waals surface area contributed by atoms with Gasteiger partial charge in [-0.1, -0.05) is 80.6 Å². The number of carbonyl (C=O) groups is 1. The van der Waals surface area contributed by atoms with Gasteiger partial charge in [0.1, 0.15) is 17.2 Å². The Morgan fingerprint density at radius 1 is 0.787 bits per heavy atom. The number of aliphatic hydroxyl groups is 1. The molecule has 47 heavy (non-hydrogen) atoms. The zero-order valence-corrected chi connectivity index (χ0v) is 27.8. The summed E-state index contributed by atoms with van der Waals surface area (Å²) in [5.74, 6) is 0.784. The lowest BCUT2D eigenvalue weighted by molar-refractivity contribution is 0.0980. The van der Waals surface area contributed by atoms with E-state index in [0.29, 0.717) is 11.5 Å². The minimum atomic E-state index is -4.13. The highest BCUT2D eigenvalue weighted by Gasteiger charge is 2.32. The van der Waals surface area contributed by atoms with Crippen molar-refractivity contribution in [2.45, 2.75) is 37.3 Å². The number of nitrogens with one attached hydrogen (secondary N) is 1. The third-order valence-electron chi connectivity index (χ3n) is 6.86. The van der Waals surface area contributed by atoms with Crippen LogP contribution in [0.25, 0.3) is 0 Å². The highest BCUT2D eigenvalue weighted by atomic mass is 32.2. The molecule has 0 fully saturated rings. The van der Waals surface area contributed by atoms with Crippen LogP contribution in [0.5, 0.6) is 17.2 Å². The smallest absolute Gasteiger partial charge is 0.468 e. The van der Waals surface area contributed by atoms with Crippen LogP contribution in [0.15, 0.2) is 120 Å². The third-order valence-corrected chi connectivity index (χ3v) is 10.1. The molecule has 4 aromatic carbocycles. The number of para-hydroxylation sites is 2. The van der Waals surface area contributed by atoms with E-state index in [1.165, 1.54) is 24.3 Å². The largest absolute Gasteiger partial charge is 0.479 e. The van der Waals surface area contributed by atoms with Crippen LogP contribution < -0.4 is 19.1 Å². The Labute approximate surface area is 275 Å². The molecule has 3 N–H and O–H groups in total. The monoisotopic (exact) mass is 682 g/mol. The van der Waals surface area contributed by atoms with Crippen LogP contribution in [-0.2, 0) is 21.0 Å². The molecule has 11 nitrogen and oxygen atoms in total. The average Bonchev–Trinajstić information content (AvgIpc) is 3.04. The number of rotatable bonds is 17. The van der Waals surface area contributed by atoms with Gasteiger partial charge in [-0.05, 0) is 66.4 Å². The molecular formula is C34H39N2O9PS. The maximum atomic E-state index is 13.8. The molecule has 0 aliphatic rings. The van der Waals surface area contributed by atoms with Gasteiger partial charge in [-0.15, -0.1) is 0 Å². The number of nitrogens with zero attached hydrogens (tertiary/aromatic N) is 1. The van der Waals surface area contributed by atoms with Gasteiger partial charge in [0.15, 0.2) is 0 Å². The molecule has 0 aliphatic carbocycles. The van der Waals surface area contributed by atoms with Crippen molar-refractivity contribution in [1.29, 1.82) is 0 Å². The molecule has 0 radical (unpaired) electrons. The number of amides is 1. The summed E-state index contributed by atoms with van der Waals surface area (Å²) in [6.45, 7) is 3.43. The predicted molar refractivity (Wildman–Crippen MR) is 178 cm³/mol. The fourth-order valence-corrected chi connectivity index (χ4v) is 7.65. The summed E-state index contributed by atoms with van der Waals surface area (Å²) in [5, 5.41) is 22.8. The van der Waals surface area contributed by atoms with E-state index in [9.17, 15) is 28.0 Å². The molecule has 0 saturated heterocycles. The molecule has 0 unspecified atom stereocenters. The van der Waals surface area contributed by atoms with E-state index < -0.39 is 42.2 Å². The Kier molecular flexibility index (Phi) is 12.4. The summed E-state index contributed by atoms with van der Waals surface area (Å²) in [6.07, 6.45) is -2.96. The Bertz CT molecular complexity index is 1660. The van der Waals surface area contributed by atoms with E-state index in [1.807, 2.05) is 19.9 Å². The average molecular weight is 683 g/mol. The predicted octanol–water partition coefficient (Wildman–Crippen LogP) is 6.26. The van der Waals surface area contributed by atoms with Crippen molar-refractivity contribution in [2.75, 3.05) is 19.4 Å². The molecule has 2 atom stereocenters. The van der Waals surface area contributed by atoms with Gasteiger partial charge < -0.3 is 29.3 Å². The molecule has 4 aromatic rings. The Morgan fingerprint density at radius 2 is 1.30 bits per heavy atom. The minimum absolute atomic E-state index is 0.0623. The Balaban J connectivity index is 1.49. The second-order valence-electron chi connectivity index (χ2n) is 11.2. The van der Waals surface area contributed by atoms with Crippen LogP contribution in [-0.4, -0.2) is 60.6 Å². The summed E-state index contributed by atoms with van der Waals surface area (Å²) in [7, 11) is -8.02. The molecule has 0 saturated carbocycles. The van der Waals surface area contributed by atoms with E-state index in [1.54, 1.807) is 84.9 Å². The molecule has 4 rings (SSSR count). The quantitative estimate of drug-likeness (QED) is 0.110. The van der Waals surface area contributed by atoms with E-state index in [4.69, 9.17) is 13.8 Å². The molecular weight excluding hydrogens is 643 g/mol. The number of carboxylic acid groups (broad SMARTS) is 1. The first-order chi connectivity index (χ1) is 22.4. The maximum absolute atomic E-state index is 13.8. The fourth-order valence-electron chi connectivity index (χ4n) is 4.69. The molecule has 0 aromatic heterocycles. The number of ether oxygens (including phenoxy) is 1. The van der Waals surface area contributed by atoms with Gasteiger partial charge in [0.2, 0.25) is 16.4 Å². The molecule has 250 valence electrons. The van der Waals surface area contributed by atoms with Gasteiger partial charge in [0.25, 0.3) is 0 Å². The first-order valence-electron chi connectivity index (χ1n) is 15.0. The standard InChI is InChI=1S/C34H39N2O9PS/c1-26(2)23-36(24-33(37)32(35-34(38)39)22-27-12-6-3-7-13-27)47(41,42)31-20-18-28(19-21-31)43-25-46(40,44-29-14-8-4-9-15-29)45-30-16-10-5-11-17-30/h3-21,26,32-33,35,37H,22-25H2,1-2H3,(H,38,39)/t32-,33+/m0/s1. The molecule has 0 heterocycles. The number of sulfonamides is 1. The second kappa shape index (κ2) is 16.5. The summed E-state index contributed by atoms with van der Waals surface area (Å²) in [4.78, 5) is 11.5. The van der Waals surface area contributed by atoms with Crippen LogP contribution in [0.1, 0.15) is 19.4 Å². The van der Waals surface area contributed by atoms with Crippen LogP contribution >= 0.6 is 7.60 Å². The summed E-state index contributed by atoms with van der Waals surface area (Å²) in [6, 6.07) is 30.7. The van der Waals surface area contributed by atoms with Gasteiger partial charge >= 0.3 is 13.7 Å². The first-order valence-corrected chi connectivity index (χ1v) is 18.1. The van der Waals surface area contributed by atoms with Crippen molar-refractivity contribution in [1.82, 2.24) is 9.62 Å². The van der Waals surface area contributed by atoms with Crippen LogP contribution in [0.3, 0.4) is 0 Å². The van der Waals surface area contributed by atoms with Gasteiger partial charge in [-0.2, -0.15) is 4.31 Å². The molecule has 0 spiro atoms. The molecule has 0 bridgehead atoms. The van der Waals surface area contributed by atoms with Gasteiger partial charge in [-0.25, -0.2) is 17.8 Å². The summed E-state index contributed by atoms with van der Waals surface area (Å²) < 4.78 is 59.7. The molecule has 0 aliphatic heterocycles. The number of hydrogen-bond donors (Lipinski definition) is 3. The number of benzene rings is 4. The lowest BCUT2D eigenvalue weighted by atomic mass is 10.0. The third kappa shape index (κ3) is 10.9. The molecule has 1 amide bonds. The lowest BCUT2D eigenvalue weighted by Gasteiger charge is -2.30.